The number of nitrogens with zero attached hydrogens (tertiary/aromatic N) is 3. The van der Waals surface area contributed by atoms with Crippen molar-refractivity contribution in [2.24, 2.45) is 0 Å². The Morgan fingerprint density at radius 3 is 2.47 bits per heavy atom. The number of anilines is 2. The van der Waals surface area contributed by atoms with Gasteiger partial charge in [0.2, 0.25) is 17.2 Å². The Bertz CT molecular complexity index is 372. The van der Waals surface area contributed by atoms with Crippen molar-refractivity contribution in [1.82, 2.24) is 15.0 Å². The first-order chi connectivity index (χ1) is 7.96. The van der Waals surface area contributed by atoms with Crippen LogP contribution < -0.4 is 10.6 Å². The lowest BCUT2D eigenvalue weighted by atomic mass is 10.1. The van der Waals surface area contributed by atoms with Crippen molar-refractivity contribution < 1.29 is 4.74 Å². The van der Waals surface area contributed by atoms with Crippen LogP contribution in [0.25, 0.3) is 0 Å². The van der Waals surface area contributed by atoms with Crippen molar-refractivity contribution in [3.05, 3.63) is 5.28 Å². The van der Waals surface area contributed by atoms with Gasteiger partial charge in [0.15, 0.2) is 0 Å². The minimum atomic E-state index is -0.284. The van der Waals surface area contributed by atoms with Crippen molar-refractivity contribution in [3.8, 4) is 0 Å². The zero-order chi connectivity index (χ0) is 12.9. The first kappa shape index (κ1) is 13.9. The van der Waals surface area contributed by atoms with Gasteiger partial charge in [-0.2, -0.15) is 15.0 Å². The molecule has 0 aromatic carbocycles. The molecule has 0 unspecified atom stereocenters. The molecule has 0 bridgehead atoms. The number of hydrogen-bond donors (Lipinski definition) is 2. The maximum absolute atomic E-state index is 5.77. The Kier molecular flexibility index (Phi) is 4.89. The van der Waals surface area contributed by atoms with E-state index in [1.165, 1.54) is 0 Å². The molecule has 0 atom stereocenters. The second-order valence-corrected chi connectivity index (χ2v) is 4.39. The van der Waals surface area contributed by atoms with Crippen molar-refractivity contribution in [2.45, 2.75) is 26.4 Å². The van der Waals surface area contributed by atoms with Gasteiger partial charge >= 0.3 is 0 Å². The van der Waals surface area contributed by atoms with Crippen molar-refractivity contribution >= 4 is 23.5 Å². The number of ether oxygens (including phenoxy) is 1. The normalized spacial score (nSPS) is 11.4. The van der Waals surface area contributed by atoms with Crippen LogP contribution in [-0.4, -0.2) is 40.8 Å². The van der Waals surface area contributed by atoms with Gasteiger partial charge in [-0.25, -0.2) is 0 Å². The fourth-order valence-electron chi connectivity index (χ4n) is 1.27. The molecule has 2 N–H and O–H groups in total. The van der Waals surface area contributed by atoms with E-state index in [9.17, 15) is 0 Å². The SMILES string of the molecule is CCOC(C)(C)CNc1nc(Cl)nc(NC)n1. The molecule has 96 valence electrons. The molecule has 0 aliphatic rings. The molecule has 0 amide bonds. The van der Waals surface area contributed by atoms with Crippen LogP contribution in [0.2, 0.25) is 5.28 Å². The predicted molar refractivity (Wildman–Crippen MR) is 68.6 cm³/mol. The Hall–Kier alpha value is -1.14. The van der Waals surface area contributed by atoms with Crippen LogP contribution in [0.5, 0.6) is 0 Å². The van der Waals surface area contributed by atoms with E-state index >= 15 is 0 Å². The monoisotopic (exact) mass is 259 g/mol. The number of hydrogen-bond acceptors (Lipinski definition) is 6. The minimum absolute atomic E-state index is 0.154. The minimum Gasteiger partial charge on any atom is -0.374 e. The van der Waals surface area contributed by atoms with E-state index in [1.807, 2.05) is 20.8 Å². The maximum atomic E-state index is 5.77. The molecule has 0 saturated heterocycles. The molecule has 0 spiro atoms. The highest BCUT2D eigenvalue weighted by Gasteiger charge is 2.18. The maximum Gasteiger partial charge on any atom is 0.228 e. The Balaban J connectivity index is 2.65. The van der Waals surface area contributed by atoms with Crippen LogP contribution in [0.15, 0.2) is 0 Å². The van der Waals surface area contributed by atoms with Gasteiger partial charge in [0.05, 0.1) is 5.60 Å². The summed E-state index contributed by atoms with van der Waals surface area (Å²) in [6.07, 6.45) is 0. The number of nitrogens with one attached hydrogen (secondary N) is 2. The average molecular weight is 260 g/mol. The smallest absolute Gasteiger partial charge is 0.228 e. The van der Waals surface area contributed by atoms with E-state index in [-0.39, 0.29) is 10.9 Å². The Labute approximate surface area is 106 Å². The topological polar surface area (TPSA) is 72.0 Å². The van der Waals surface area contributed by atoms with E-state index in [2.05, 4.69) is 25.6 Å². The lowest BCUT2D eigenvalue weighted by Crippen LogP contribution is -2.33. The lowest BCUT2D eigenvalue weighted by Gasteiger charge is -2.24. The summed E-state index contributed by atoms with van der Waals surface area (Å²) in [6, 6.07) is 0. The molecular weight excluding hydrogens is 242 g/mol. The summed E-state index contributed by atoms with van der Waals surface area (Å²) in [4.78, 5) is 12.0. The summed E-state index contributed by atoms with van der Waals surface area (Å²) in [6.45, 7) is 7.19. The molecule has 6 nitrogen and oxygen atoms in total. The quantitative estimate of drug-likeness (QED) is 0.812. The van der Waals surface area contributed by atoms with E-state index in [1.54, 1.807) is 7.05 Å². The fraction of sp³-hybridized carbons (Fsp3) is 0.700. The molecule has 1 heterocycles. The predicted octanol–water partition coefficient (Wildman–Crippen LogP) is 1.79. The van der Waals surface area contributed by atoms with Gasteiger partial charge in [0.25, 0.3) is 0 Å². The lowest BCUT2D eigenvalue weighted by molar-refractivity contribution is 0.000580. The molecule has 7 heteroatoms. The third-order valence-corrected chi connectivity index (χ3v) is 2.21. The molecule has 0 saturated carbocycles. The van der Waals surface area contributed by atoms with Crippen LogP contribution in [-0.2, 0) is 4.74 Å². The van der Waals surface area contributed by atoms with E-state index in [0.717, 1.165) is 0 Å². The molecular formula is C10H18ClN5O. The van der Waals surface area contributed by atoms with Crippen LogP contribution in [0.4, 0.5) is 11.9 Å². The first-order valence-electron chi connectivity index (χ1n) is 5.44. The highest BCUT2D eigenvalue weighted by Crippen LogP contribution is 2.12. The molecule has 1 rings (SSSR count). The highest BCUT2D eigenvalue weighted by molar-refractivity contribution is 6.28. The molecule has 17 heavy (non-hydrogen) atoms. The third kappa shape index (κ3) is 4.70. The van der Waals surface area contributed by atoms with Gasteiger partial charge in [-0.15, -0.1) is 0 Å². The molecule has 0 aliphatic carbocycles. The van der Waals surface area contributed by atoms with Gasteiger partial charge < -0.3 is 15.4 Å². The van der Waals surface area contributed by atoms with E-state index < -0.39 is 0 Å². The summed E-state index contributed by atoms with van der Waals surface area (Å²) >= 11 is 5.77. The van der Waals surface area contributed by atoms with E-state index in [4.69, 9.17) is 16.3 Å². The van der Waals surface area contributed by atoms with Gasteiger partial charge in [0, 0.05) is 20.2 Å². The summed E-state index contributed by atoms with van der Waals surface area (Å²) in [7, 11) is 1.72. The number of rotatable bonds is 6. The standard InChI is InChI=1S/C10H18ClN5O/c1-5-17-10(2,3)6-13-9-15-7(11)14-8(12-4)16-9/h5-6H2,1-4H3,(H2,12,13,14,15,16). The molecule has 0 fully saturated rings. The number of aromatic nitrogens is 3. The molecule has 0 aliphatic heterocycles. The van der Waals surface area contributed by atoms with Gasteiger partial charge in [0.1, 0.15) is 0 Å². The molecule has 1 aromatic rings. The summed E-state index contributed by atoms with van der Waals surface area (Å²) in [5.74, 6) is 0.865. The van der Waals surface area contributed by atoms with Gasteiger partial charge in [-0.3, -0.25) is 0 Å². The largest absolute Gasteiger partial charge is 0.374 e. The van der Waals surface area contributed by atoms with Crippen LogP contribution in [0.1, 0.15) is 20.8 Å². The highest BCUT2D eigenvalue weighted by atomic mass is 35.5. The second-order valence-electron chi connectivity index (χ2n) is 4.05. The summed E-state index contributed by atoms with van der Waals surface area (Å²) < 4.78 is 5.56. The summed E-state index contributed by atoms with van der Waals surface area (Å²) in [5.41, 5.74) is -0.284. The van der Waals surface area contributed by atoms with Crippen molar-refractivity contribution in [2.75, 3.05) is 30.8 Å². The van der Waals surface area contributed by atoms with Crippen LogP contribution in [0.3, 0.4) is 0 Å². The number of halogens is 1. The van der Waals surface area contributed by atoms with Gasteiger partial charge in [-0.05, 0) is 32.4 Å². The molecule has 1 aromatic heterocycles. The summed E-state index contributed by atoms with van der Waals surface area (Å²) in [5, 5.41) is 6.04. The zero-order valence-electron chi connectivity index (χ0n) is 10.5. The average Bonchev–Trinajstić information content (AvgIpc) is 2.26. The van der Waals surface area contributed by atoms with Crippen LogP contribution in [0, 0.1) is 0 Å². The van der Waals surface area contributed by atoms with Crippen molar-refractivity contribution in [1.29, 1.82) is 0 Å². The fourth-order valence-corrected chi connectivity index (χ4v) is 1.43. The zero-order valence-corrected chi connectivity index (χ0v) is 11.3. The van der Waals surface area contributed by atoms with Gasteiger partial charge in [-0.1, -0.05) is 0 Å². The Morgan fingerprint density at radius 1 is 1.24 bits per heavy atom. The second kappa shape index (κ2) is 5.97. The van der Waals surface area contributed by atoms with Crippen LogP contribution >= 0.6 is 11.6 Å². The first-order valence-corrected chi connectivity index (χ1v) is 5.82. The third-order valence-electron chi connectivity index (χ3n) is 2.04. The Morgan fingerprint density at radius 2 is 1.88 bits per heavy atom. The van der Waals surface area contributed by atoms with E-state index in [0.29, 0.717) is 25.0 Å². The van der Waals surface area contributed by atoms with Crippen molar-refractivity contribution in [3.63, 3.8) is 0 Å². The molecule has 0 radical (unpaired) electrons.